The minimum atomic E-state index is -4.61. The Bertz CT molecular complexity index is 1140. The van der Waals surface area contributed by atoms with Gasteiger partial charge in [0.15, 0.2) is 11.6 Å². The number of hydrogen-bond acceptors (Lipinski definition) is 5. The Morgan fingerprint density at radius 2 is 1.94 bits per heavy atom. The highest BCUT2D eigenvalue weighted by Crippen LogP contribution is 2.37. The van der Waals surface area contributed by atoms with Crippen molar-refractivity contribution >= 4 is 28.7 Å². The fourth-order valence-corrected chi connectivity index (χ4v) is 3.62. The van der Waals surface area contributed by atoms with Crippen LogP contribution in [0.15, 0.2) is 17.1 Å². The van der Waals surface area contributed by atoms with Crippen molar-refractivity contribution in [2.75, 3.05) is 25.0 Å². The van der Waals surface area contributed by atoms with E-state index >= 15 is 0 Å². The Hall–Kier alpha value is -3.18. The Morgan fingerprint density at radius 1 is 1.29 bits per heavy atom. The molecule has 0 unspecified atom stereocenters. The predicted molar refractivity (Wildman–Crippen MR) is 101 cm³/mol. The first-order valence-corrected chi connectivity index (χ1v) is 9.52. The second-order valence-corrected chi connectivity index (χ2v) is 7.84. The number of carboxylic acid groups (broad SMARTS) is 1. The summed E-state index contributed by atoms with van der Waals surface area (Å²) < 4.78 is 53.6. The molecular weight excluding hydrogens is 424 g/mol. The van der Waals surface area contributed by atoms with Crippen LogP contribution in [0.5, 0.6) is 0 Å². The van der Waals surface area contributed by atoms with Crippen molar-refractivity contribution in [3.63, 3.8) is 0 Å². The van der Waals surface area contributed by atoms with Crippen LogP contribution in [0.2, 0.25) is 0 Å². The SMILES string of the molecule is CN(C(=O)CC(F)(F)F)C1CN(c2nc3c(cc2F)c(=O)c(C(=O)O)cn3C2CC2)C1. The Balaban J connectivity index is 1.62. The number of nitrogens with zero attached hydrogens (tertiary/aromatic N) is 4. The van der Waals surface area contributed by atoms with Crippen LogP contribution < -0.4 is 10.3 Å². The van der Waals surface area contributed by atoms with E-state index in [2.05, 4.69) is 4.98 Å². The van der Waals surface area contributed by atoms with Gasteiger partial charge in [0, 0.05) is 32.4 Å². The van der Waals surface area contributed by atoms with E-state index in [1.54, 1.807) is 4.57 Å². The molecule has 12 heteroatoms. The summed E-state index contributed by atoms with van der Waals surface area (Å²) in [4.78, 5) is 42.3. The first-order valence-electron chi connectivity index (χ1n) is 9.52. The zero-order valence-corrected chi connectivity index (χ0v) is 16.3. The lowest BCUT2D eigenvalue weighted by Gasteiger charge is -2.44. The highest BCUT2D eigenvalue weighted by Gasteiger charge is 2.39. The van der Waals surface area contributed by atoms with Crippen molar-refractivity contribution in [3.05, 3.63) is 33.9 Å². The lowest BCUT2D eigenvalue weighted by molar-refractivity contribution is -0.162. The molecule has 31 heavy (non-hydrogen) atoms. The van der Waals surface area contributed by atoms with Crippen molar-refractivity contribution in [3.8, 4) is 0 Å². The van der Waals surface area contributed by atoms with Crippen LogP contribution in [-0.4, -0.2) is 63.8 Å². The number of likely N-dealkylation sites (N-methyl/N-ethyl adjacent to an activating group) is 1. The molecule has 1 saturated heterocycles. The number of alkyl halides is 3. The number of aromatic nitrogens is 2. The lowest BCUT2D eigenvalue weighted by Crippen LogP contribution is -2.60. The van der Waals surface area contributed by atoms with Crippen molar-refractivity contribution in [2.45, 2.75) is 37.5 Å². The smallest absolute Gasteiger partial charge is 0.397 e. The van der Waals surface area contributed by atoms with Gasteiger partial charge in [-0.25, -0.2) is 14.2 Å². The van der Waals surface area contributed by atoms with Gasteiger partial charge in [0.2, 0.25) is 11.3 Å². The molecule has 1 aliphatic heterocycles. The molecule has 1 amide bonds. The summed E-state index contributed by atoms with van der Waals surface area (Å²) in [7, 11) is 1.26. The third-order valence-electron chi connectivity index (χ3n) is 5.56. The van der Waals surface area contributed by atoms with Crippen LogP contribution in [0, 0.1) is 5.82 Å². The summed E-state index contributed by atoms with van der Waals surface area (Å²) in [6.07, 6.45) is -3.43. The van der Waals surface area contributed by atoms with Crippen molar-refractivity contribution in [2.24, 2.45) is 0 Å². The number of pyridine rings is 2. The molecule has 1 saturated carbocycles. The summed E-state index contributed by atoms with van der Waals surface area (Å²) in [5.41, 5.74) is -1.16. The maximum atomic E-state index is 14.7. The molecule has 0 radical (unpaired) electrons. The zero-order valence-electron chi connectivity index (χ0n) is 16.3. The highest BCUT2D eigenvalue weighted by molar-refractivity contribution is 5.92. The number of carbonyl (C=O) groups is 2. The molecule has 3 heterocycles. The normalized spacial score (nSPS) is 17.0. The molecule has 2 aromatic heterocycles. The van der Waals surface area contributed by atoms with Gasteiger partial charge in [-0.05, 0) is 18.9 Å². The monoisotopic (exact) mass is 442 g/mol. The number of aromatic carboxylic acids is 1. The van der Waals surface area contributed by atoms with E-state index in [0.717, 1.165) is 23.8 Å². The summed E-state index contributed by atoms with van der Waals surface area (Å²) in [5.74, 6) is -3.44. The summed E-state index contributed by atoms with van der Waals surface area (Å²) >= 11 is 0. The molecule has 166 valence electrons. The van der Waals surface area contributed by atoms with Gasteiger partial charge in [0.25, 0.3) is 0 Å². The van der Waals surface area contributed by atoms with E-state index in [1.807, 2.05) is 0 Å². The average Bonchev–Trinajstić information content (AvgIpc) is 3.45. The van der Waals surface area contributed by atoms with E-state index in [-0.39, 0.29) is 36.0 Å². The maximum Gasteiger partial charge on any atom is 0.397 e. The van der Waals surface area contributed by atoms with Gasteiger partial charge in [0.05, 0.1) is 11.4 Å². The minimum Gasteiger partial charge on any atom is -0.477 e. The Morgan fingerprint density at radius 3 is 2.48 bits per heavy atom. The van der Waals surface area contributed by atoms with Gasteiger partial charge >= 0.3 is 12.1 Å². The number of carbonyl (C=O) groups excluding carboxylic acids is 1. The second-order valence-electron chi connectivity index (χ2n) is 7.84. The minimum absolute atomic E-state index is 0.0396. The summed E-state index contributed by atoms with van der Waals surface area (Å²) in [6, 6.07) is 0.367. The molecule has 1 N–H and O–H groups in total. The fourth-order valence-electron chi connectivity index (χ4n) is 3.62. The quantitative estimate of drug-likeness (QED) is 0.714. The molecule has 0 atom stereocenters. The highest BCUT2D eigenvalue weighted by atomic mass is 19.4. The van der Waals surface area contributed by atoms with Gasteiger partial charge in [-0.1, -0.05) is 0 Å². The molecule has 2 aromatic rings. The predicted octanol–water partition coefficient (Wildman–Crippen LogP) is 2.17. The summed E-state index contributed by atoms with van der Waals surface area (Å²) in [5, 5.41) is 9.12. The van der Waals surface area contributed by atoms with Gasteiger partial charge in [0.1, 0.15) is 17.6 Å². The van der Waals surface area contributed by atoms with Gasteiger partial charge < -0.3 is 19.5 Å². The standard InChI is InChI=1S/C19H18F4N4O4/c1-25(14(28)5-19(21,22)23)10-6-26(7-10)17-13(20)4-11-15(29)12(18(30)31)8-27(9-2-3-9)16(11)24-17/h4,8-10H,2-3,5-7H2,1H3,(H,30,31). The maximum absolute atomic E-state index is 14.7. The first kappa shape index (κ1) is 21.1. The molecule has 0 spiro atoms. The first-order chi connectivity index (χ1) is 14.5. The molecular formula is C19H18F4N4O4. The molecule has 0 aromatic carbocycles. The third kappa shape index (κ3) is 3.93. The van der Waals surface area contributed by atoms with Crippen LogP contribution in [0.1, 0.15) is 35.7 Å². The average molecular weight is 442 g/mol. The van der Waals surface area contributed by atoms with Gasteiger partial charge in [-0.3, -0.25) is 9.59 Å². The van der Waals surface area contributed by atoms with E-state index in [0.29, 0.717) is 0 Å². The van der Waals surface area contributed by atoms with E-state index in [4.69, 9.17) is 0 Å². The lowest BCUT2D eigenvalue weighted by atomic mass is 10.1. The van der Waals surface area contributed by atoms with Crippen molar-refractivity contribution in [1.29, 1.82) is 0 Å². The second kappa shape index (κ2) is 7.20. The zero-order chi connectivity index (χ0) is 22.7. The number of anilines is 1. The van der Waals surface area contributed by atoms with E-state index in [1.165, 1.54) is 18.1 Å². The van der Waals surface area contributed by atoms with Crippen LogP contribution in [0.4, 0.5) is 23.4 Å². The van der Waals surface area contributed by atoms with Crippen molar-refractivity contribution in [1.82, 2.24) is 14.5 Å². The number of rotatable bonds is 5. The molecule has 4 rings (SSSR count). The Kier molecular flexibility index (Phi) is 4.90. The van der Waals surface area contributed by atoms with Crippen molar-refractivity contribution < 1.29 is 32.3 Å². The number of carboxylic acids is 1. The van der Waals surface area contributed by atoms with Crippen LogP contribution >= 0.6 is 0 Å². The Labute approximate surface area is 172 Å². The van der Waals surface area contributed by atoms with Crippen LogP contribution in [-0.2, 0) is 4.79 Å². The topological polar surface area (TPSA) is 95.7 Å². The van der Waals surface area contributed by atoms with Crippen LogP contribution in [0.3, 0.4) is 0 Å². The number of fused-ring (bicyclic) bond motifs is 1. The third-order valence-corrected chi connectivity index (χ3v) is 5.56. The fraction of sp³-hybridized carbons (Fsp3) is 0.474. The number of halogens is 4. The molecule has 8 nitrogen and oxygen atoms in total. The van der Waals surface area contributed by atoms with E-state index in [9.17, 15) is 37.1 Å². The van der Waals surface area contributed by atoms with Gasteiger partial charge in [-0.2, -0.15) is 13.2 Å². The molecule has 2 fully saturated rings. The van der Waals surface area contributed by atoms with Gasteiger partial charge in [-0.15, -0.1) is 0 Å². The molecule has 2 aliphatic rings. The molecule has 0 bridgehead atoms. The molecule has 1 aliphatic carbocycles. The van der Waals surface area contributed by atoms with E-state index < -0.39 is 47.3 Å². The largest absolute Gasteiger partial charge is 0.477 e. The summed E-state index contributed by atoms with van der Waals surface area (Å²) in [6.45, 7) is 0.160. The number of amides is 1. The van der Waals surface area contributed by atoms with Crippen LogP contribution in [0.25, 0.3) is 11.0 Å². The number of hydrogen-bond donors (Lipinski definition) is 1.